The molecule has 4 heterocycles. The predicted molar refractivity (Wildman–Crippen MR) is 137 cm³/mol. The maximum Gasteiger partial charge on any atom is 0.338 e. The van der Waals surface area contributed by atoms with Gasteiger partial charge in [-0.1, -0.05) is 17.7 Å². The third kappa shape index (κ3) is 5.04. The fraction of sp³-hybridized carbons (Fsp3) is 0.360. The number of fused-ring (bicyclic) bond motifs is 2. The van der Waals surface area contributed by atoms with Crippen LogP contribution >= 0.6 is 22.9 Å². The zero-order chi connectivity index (χ0) is 26.1. The first-order chi connectivity index (χ1) is 17.9. The maximum atomic E-state index is 14.5. The number of esters is 1. The number of halogens is 2. The van der Waals surface area contributed by atoms with Gasteiger partial charge in [-0.15, -0.1) is 11.3 Å². The summed E-state index contributed by atoms with van der Waals surface area (Å²) in [6.07, 6.45) is 2.48. The van der Waals surface area contributed by atoms with Gasteiger partial charge >= 0.3 is 5.97 Å². The molecule has 2 aliphatic rings. The second-order valence-corrected chi connectivity index (χ2v) is 10.2. The number of thiazole rings is 1. The zero-order valence-electron chi connectivity index (χ0n) is 20.3. The minimum atomic E-state index is -0.689. The smallest absolute Gasteiger partial charge is 0.338 e. The number of benzene rings is 1. The third-order valence-electron chi connectivity index (χ3n) is 6.63. The molecule has 0 aliphatic carbocycles. The van der Waals surface area contributed by atoms with Crippen molar-refractivity contribution in [2.75, 3.05) is 38.9 Å². The van der Waals surface area contributed by atoms with Gasteiger partial charge in [0.15, 0.2) is 10.9 Å². The van der Waals surface area contributed by atoms with Gasteiger partial charge in [-0.25, -0.2) is 19.2 Å². The van der Waals surface area contributed by atoms with Crippen molar-refractivity contribution >= 4 is 45.8 Å². The summed E-state index contributed by atoms with van der Waals surface area (Å²) in [4.78, 5) is 40.4. The summed E-state index contributed by atoms with van der Waals surface area (Å²) < 4.78 is 24.8. The molecule has 0 saturated carbocycles. The lowest BCUT2D eigenvalue weighted by Gasteiger charge is -2.34. The van der Waals surface area contributed by atoms with Crippen LogP contribution in [-0.4, -0.2) is 77.8 Å². The molecule has 2 aromatic heterocycles. The van der Waals surface area contributed by atoms with Crippen molar-refractivity contribution in [1.82, 2.24) is 19.8 Å². The van der Waals surface area contributed by atoms with Crippen LogP contribution in [-0.2, 0) is 16.0 Å². The number of likely N-dealkylation sites (tertiary alicyclic amines) is 2. The Balaban J connectivity index is 1.36. The molecule has 0 N–H and O–H groups in total. The molecule has 0 unspecified atom stereocenters. The minimum absolute atomic E-state index is 0.0101. The van der Waals surface area contributed by atoms with E-state index in [2.05, 4.69) is 9.88 Å². The lowest BCUT2D eigenvalue weighted by Crippen LogP contribution is -2.48. The summed E-state index contributed by atoms with van der Waals surface area (Å²) in [6, 6.07) is 7.90. The van der Waals surface area contributed by atoms with Gasteiger partial charge in [0, 0.05) is 50.4 Å². The first-order valence-corrected chi connectivity index (χ1v) is 12.9. The first kappa shape index (κ1) is 25.5. The van der Waals surface area contributed by atoms with Gasteiger partial charge in [0.2, 0.25) is 0 Å². The molecule has 2 atom stereocenters. The highest BCUT2D eigenvalue weighted by Crippen LogP contribution is 2.34. The molecule has 1 aromatic carbocycles. The standard InChI is InChI=1S/C25H25ClFN5O4S/c1-35-14-32(25-28-6-7-37-25)21-9-15(24(34)36-2)8-16(29-21)11-30-12-18-10-17(30)13-31(18)23(33)19-4-3-5-20(26)22(19)27/h3-9,17-18H,10-14H2,1-2H3/t17-,18-/m1/s1. The number of carbonyl (C=O) groups is 2. The van der Waals surface area contributed by atoms with E-state index in [9.17, 15) is 14.0 Å². The van der Waals surface area contributed by atoms with Gasteiger partial charge in [-0.05, 0) is 30.7 Å². The topological polar surface area (TPSA) is 88.1 Å². The number of piperazine rings is 1. The van der Waals surface area contributed by atoms with Crippen LogP contribution in [0.3, 0.4) is 0 Å². The normalized spacial score (nSPS) is 18.9. The van der Waals surface area contributed by atoms with Crippen LogP contribution in [0.5, 0.6) is 0 Å². The van der Waals surface area contributed by atoms with Crippen molar-refractivity contribution in [1.29, 1.82) is 0 Å². The van der Waals surface area contributed by atoms with Crippen LogP contribution in [0.4, 0.5) is 15.3 Å². The monoisotopic (exact) mass is 545 g/mol. The molecule has 0 radical (unpaired) electrons. The summed E-state index contributed by atoms with van der Waals surface area (Å²) in [7, 11) is 2.92. The Morgan fingerprint density at radius 1 is 1.24 bits per heavy atom. The number of hydrogen-bond donors (Lipinski definition) is 0. The largest absolute Gasteiger partial charge is 0.465 e. The maximum absolute atomic E-state index is 14.5. The quantitative estimate of drug-likeness (QED) is 0.310. The molecule has 2 saturated heterocycles. The Morgan fingerprint density at radius 3 is 2.76 bits per heavy atom. The Morgan fingerprint density at radius 2 is 2.08 bits per heavy atom. The van der Waals surface area contributed by atoms with Crippen molar-refractivity contribution in [3.8, 4) is 0 Å². The van der Waals surface area contributed by atoms with Crippen LogP contribution < -0.4 is 4.90 Å². The highest BCUT2D eigenvalue weighted by molar-refractivity contribution is 7.13. The summed E-state index contributed by atoms with van der Waals surface area (Å²) in [6.45, 7) is 1.78. The van der Waals surface area contributed by atoms with Gasteiger partial charge in [0.1, 0.15) is 12.5 Å². The van der Waals surface area contributed by atoms with Crippen LogP contribution in [0, 0.1) is 5.82 Å². The van der Waals surface area contributed by atoms with Gasteiger partial charge in [-0.2, -0.15) is 0 Å². The lowest BCUT2D eigenvalue weighted by molar-refractivity contribution is 0.0591. The highest BCUT2D eigenvalue weighted by atomic mass is 35.5. The fourth-order valence-corrected chi connectivity index (χ4v) is 5.76. The summed E-state index contributed by atoms with van der Waals surface area (Å²) in [5.74, 6) is -0.984. The van der Waals surface area contributed by atoms with Crippen LogP contribution in [0.15, 0.2) is 41.9 Å². The van der Waals surface area contributed by atoms with Crippen molar-refractivity contribution in [2.45, 2.75) is 25.0 Å². The van der Waals surface area contributed by atoms with E-state index in [1.807, 2.05) is 5.38 Å². The molecular formula is C25H25ClFN5O4S. The number of rotatable bonds is 8. The Hall–Kier alpha value is -3.12. The first-order valence-electron chi connectivity index (χ1n) is 11.6. The van der Waals surface area contributed by atoms with Crippen molar-refractivity contribution in [3.05, 3.63) is 69.6 Å². The molecule has 5 rings (SSSR count). The molecule has 1 amide bonds. The Labute approximate surface area is 222 Å². The van der Waals surface area contributed by atoms with Gasteiger partial charge in [0.05, 0.1) is 29.0 Å². The molecule has 9 nitrogen and oxygen atoms in total. The molecule has 2 aliphatic heterocycles. The van der Waals surface area contributed by atoms with Crippen LogP contribution in [0.2, 0.25) is 5.02 Å². The van der Waals surface area contributed by atoms with Crippen LogP contribution in [0.25, 0.3) is 0 Å². The average molecular weight is 546 g/mol. The number of pyridine rings is 1. The molecule has 194 valence electrons. The molecule has 3 aromatic rings. The number of methoxy groups -OCH3 is 2. The van der Waals surface area contributed by atoms with E-state index < -0.39 is 11.8 Å². The van der Waals surface area contributed by atoms with Gasteiger partial charge in [-0.3, -0.25) is 14.6 Å². The molecule has 2 fully saturated rings. The second kappa shape index (κ2) is 10.7. The summed E-state index contributed by atoms with van der Waals surface area (Å²) in [5, 5.41) is 2.47. The fourth-order valence-electron chi connectivity index (χ4n) is 4.95. The lowest BCUT2D eigenvalue weighted by atomic mass is 10.1. The van der Waals surface area contributed by atoms with Crippen molar-refractivity contribution < 1.29 is 23.5 Å². The predicted octanol–water partition coefficient (Wildman–Crippen LogP) is 3.96. The van der Waals surface area contributed by atoms with Gasteiger partial charge < -0.3 is 14.4 Å². The SMILES string of the molecule is COCN(c1cc(C(=O)OC)cc(CN2C[C@H]3C[C@@H]2CN3C(=O)c2cccc(Cl)c2F)n1)c1nccs1. The van der Waals surface area contributed by atoms with E-state index in [-0.39, 0.29) is 35.3 Å². The number of hydrogen-bond acceptors (Lipinski definition) is 9. The third-order valence-corrected chi connectivity index (χ3v) is 7.72. The molecule has 12 heteroatoms. The molecule has 0 spiro atoms. The second-order valence-electron chi connectivity index (χ2n) is 8.89. The Kier molecular flexibility index (Phi) is 7.38. The molecular weight excluding hydrogens is 521 g/mol. The number of carbonyl (C=O) groups excluding carboxylic acids is 2. The Bertz CT molecular complexity index is 1310. The average Bonchev–Trinajstić information content (AvgIpc) is 3.66. The van der Waals surface area contributed by atoms with E-state index in [4.69, 9.17) is 26.1 Å². The number of aromatic nitrogens is 2. The van der Waals surface area contributed by atoms with Crippen molar-refractivity contribution in [2.24, 2.45) is 0 Å². The summed E-state index contributed by atoms with van der Waals surface area (Å²) in [5.41, 5.74) is 1.05. The van der Waals surface area contributed by atoms with E-state index in [0.29, 0.717) is 41.8 Å². The molecule has 37 heavy (non-hydrogen) atoms. The van der Waals surface area contributed by atoms with Gasteiger partial charge in [0.25, 0.3) is 5.91 Å². The van der Waals surface area contributed by atoms with Crippen molar-refractivity contribution in [3.63, 3.8) is 0 Å². The van der Waals surface area contributed by atoms with E-state index >= 15 is 0 Å². The molecule has 2 bridgehead atoms. The number of amides is 1. The van der Waals surface area contributed by atoms with E-state index in [0.717, 1.165) is 6.42 Å². The minimum Gasteiger partial charge on any atom is -0.465 e. The number of ether oxygens (including phenoxy) is 2. The van der Waals surface area contributed by atoms with E-state index in [1.54, 1.807) is 41.3 Å². The highest BCUT2D eigenvalue weighted by Gasteiger charge is 2.45. The number of nitrogens with zero attached hydrogens (tertiary/aromatic N) is 5. The van der Waals surface area contributed by atoms with E-state index in [1.165, 1.54) is 30.6 Å². The number of anilines is 2. The zero-order valence-corrected chi connectivity index (χ0v) is 21.8. The van der Waals surface area contributed by atoms with Crippen LogP contribution in [0.1, 0.15) is 32.8 Å². The summed E-state index contributed by atoms with van der Waals surface area (Å²) >= 11 is 7.31.